The number of hydrazone groups is 1. The molecule has 5 aromatic carbocycles. The van der Waals surface area contributed by atoms with Crippen LogP contribution in [0.25, 0.3) is 50.6 Å². The first-order valence-corrected chi connectivity index (χ1v) is 12.5. The molecule has 2 N–H and O–H groups in total. The van der Waals surface area contributed by atoms with Gasteiger partial charge in [0.1, 0.15) is 0 Å². The van der Waals surface area contributed by atoms with Crippen molar-refractivity contribution in [3.05, 3.63) is 139 Å². The molecule has 180 valence electrons. The molecule has 0 aliphatic rings. The van der Waals surface area contributed by atoms with E-state index in [-0.39, 0.29) is 0 Å². The van der Waals surface area contributed by atoms with Crippen LogP contribution in [0.1, 0.15) is 23.6 Å². The Labute approximate surface area is 219 Å². The summed E-state index contributed by atoms with van der Waals surface area (Å²) >= 11 is 0. The monoisotopic (exact) mass is 478 g/mol. The minimum Gasteiger partial charge on any atom is -0.323 e. The number of hydrogen-bond acceptors (Lipinski definition) is 2. The van der Waals surface area contributed by atoms with Gasteiger partial charge in [-0.2, -0.15) is 5.10 Å². The van der Waals surface area contributed by atoms with Crippen LogP contribution in [0.2, 0.25) is 0 Å². The zero-order valence-corrected chi connectivity index (χ0v) is 21.3. The molecule has 0 saturated carbocycles. The summed E-state index contributed by atoms with van der Waals surface area (Å²) in [6, 6.07) is 40.8. The zero-order chi connectivity index (χ0) is 25.8. The molecule has 0 aliphatic carbocycles. The number of nitrogens with two attached hydrogens (primary N) is 1. The predicted octanol–water partition coefficient (Wildman–Crippen LogP) is 8.99. The highest BCUT2D eigenvalue weighted by Crippen LogP contribution is 2.34. The van der Waals surface area contributed by atoms with Crippen LogP contribution in [0.3, 0.4) is 0 Å². The standard InChI is InChI=1S/C35H30N2/c1-4-26-23-32(21-22-35(26)34-12-8-11-33(24(34)2)25(3)37-36)31-19-17-30(18-20-31)29-15-13-28(14-16-29)27-9-6-5-7-10-27/h4-23H,1,36H2,2-3H3/b37-25+. The second-order valence-corrected chi connectivity index (χ2v) is 9.22. The SMILES string of the molecule is C=Cc1cc(-c2ccc(-c3ccc(-c4ccccc4)cc3)cc2)ccc1-c1cccc(/C(C)=N/N)c1C. The maximum Gasteiger partial charge on any atom is 0.0644 e. The van der Waals surface area contributed by atoms with Crippen LogP contribution in [-0.4, -0.2) is 5.71 Å². The molecule has 0 atom stereocenters. The van der Waals surface area contributed by atoms with E-state index in [1.165, 1.54) is 27.8 Å². The summed E-state index contributed by atoms with van der Waals surface area (Å²) in [5.74, 6) is 5.55. The molecule has 2 nitrogen and oxygen atoms in total. The molecule has 0 heterocycles. The van der Waals surface area contributed by atoms with Gasteiger partial charge < -0.3 is 5.84 Å². The third-order valence-electron chi connectivity index (χ3n) is 7.02. The van der Waals surface area contributed by atoms with Gasteiger partial charge in [0, 0.05) is 5.56 Å². The smallest absolute Gasteiger partial charge is 0.0644 e. The van der Waals surface area contributed by atoms with Gasteiger partial charge in [0.2, 0.25) is 0 Å². The normalized spacial score (nSPS) is 11.4. The molecule has 0 aromatic heterocycles. The van der Waals surface area contributed by atoms with E-state index in [2.05, 4.69) is 128 Å². The number of nitrogens with zero attached hydrogens (tertiary/aromatic N) is 1. The van der Waals surface area contributed by atoms with E-state index in [0.29, 0.717) is 0 Å². The van der Waals surface area contributed by atoms with E-state index < -0.39 is 0 Å². The van der Waals surface area contributed by atoms with Crippen molar-refractivity contribution in [1.29, 1.82) is 0 Å². The van der Waals surface area contributed by atoms with Crippen LogP contribution in [0.5, 0.6) is 0 Å². The highest BCUT2D eigenvalue weighted by atomic mass is 15.1. The highest BCUT2D eigenvalue weighted by molar-refractivity contribution is 6.01. The summed E-state index contributed by atoms with van der Waals surface area (Å²) in [5, 5.41) is 3.89. The first-order valence-electron chi connectivity index (χ1n) is 12.5. The van der Waals surface area contributed by atoms with Gasteiger partial charge in [0.25, 0.3) is 0 Å². The van der Waals surface area contributed by atoms with Gasteiger partial charge >= 0.3 is 0 Å². The van der Waals surface area contributed by atoms with Crippen LogP contribution in [0.4, 0.5) is 0 Å². The average Bonchev–Trinajstić information content (AvgIpc) is 2.97. The van der Waals surface area contributed by atoms with Crippen molar-refractivity contribution in [2.75, 3.05) is 0 Å². The Balaban J connectivity index is 1.43. The van der Waals surface area contributed by atoms with Crippen LogP contribution in [0.15, 0.2) is 127 Å². The number of rotatable bonds is 6. The molecule has 5 rings (SSSR count). The van der Waals surface area contributed by atoms with E-state index in [9.17, 15) is 0 Å². The summed E-state index contributed by atoms with van der Waals surface area (Å²) in [5.41, 5.74) is 13.7. The van der Waals surface area contributed by atoms with Crippen LogP contribution >= 0.6 is 0 Å². The fourth-order valence-electron chi connectivity index (χ4n) is 4.89. The quantitative estimate of drug-likeness (QED) is 0.148. The lowest BCUT2D eigenvalue weighted by atomic mass is 9.90. The topological polar surface area (TPSA) is 38.4 Å². The molecular formula is C35H30N2. The Kier molecular flexibility index (Phi) is 6.83. The second-order valence-electron chi connectivity index (χ2n) is 9.22. The predicted molar refractivity (Wildman–Crippen MR) is 159 cm³/mol. The lowest BCUT2D eigenvalue weighted by Gasteiger charge is -2.15. The molecule has 5 aromatic rings. The molecule has 0 radical (unpaired) electrons. The highest BCUT2D eigenvalue weighted by Gasteiger charge is 2.12. The first-order chi connectivity index (χ1) is 18.1. The van der Waals surface area contributed by atoms with Crippen molar-refractivity contribution in [2.45, 2.75) is 13.8 Å². The Morgan fingerprint density at radius 2 is 1.14 bits per heavy atom. The molecule has 0 aliphatic heterocycles. The van der Waals surface area contributed by atoms with Crippen molar-refractivity contribution in [1.82, 2.24) is 0 Å². The van der Waals surface area contributed by atoms with E-state index in [4.69, 9.17) is 5.84 Å². The van der Waals surface area contributed by atoms with Gasteiger partial charge in [0.15, 0.2) is 0 Å². The zero-order valence-electron chi connectivity index (χ0n) is 21.3. The van der Waals surface area contributed by atoms with Gasteiger partial charge in [-0.25, -0.2) is 0 Å². The average molecular weight is 479 g/mol. The number of benzene rings is 5. The summed E-state index contributed by atoms with van der Waals surface area (Å²) in [6.07, 6.45) is 1.93. The second kappa shape index (κ2) is 10.5. The van der Waals surface area contributed by atoms with E-state index in [1.807, 2.05) is 19.1 Å². The summed E-state index contributed by atoms with van der Waals surface area (Å²) in [7, 11) is 0. The summed E-state index contributed by atoms with van der Waals surface area (Å²) in [6.45, 7) is 8.15. The summed E-state index contributed by atoms with van der Waals surface area (Å²) in [4.78, 5) is 0. The van der Waals surface area contributed by atoms with Crippen molar-refractivity contribution in [3.63, 3.8) is 0 Å². The molecule has 0 saturated heterocycles. The Morgan fingerprint density at radius 3 is 1.68 bits per heavy atom. The third-order valence-corrected chi connectivity index (χ3v) is 7.02. The first kappa shape index (κ1) is 24.0. The Bertz CT molecular complexity index is 1580. The third kappa shape index (κ3) is 4.87. The van der Waals surface area contributed by atoms with E-state index in [0.717, 1.165) is 39.1 Å². The molecular weight excluding hydrogens is 448 g/mol. The van der Waals surface area contributed by atoms with Gasteiger partial charge in [0.05, 0.1) is 5.71 Å². The number of hydrogen-bond donors (Lipinski definition) is 1. The Morgan fingerprint density at radius 1 is 0.622 bits per heavy atom. The van der Waals surface area contributed by atoms with Crippen LogP contribution in [0, 0.1) is 6.92 Å². The minimum atomic E-state index is 0.825. The minimum absolute atomic E-state index is 0.825. The van der Waals surface area contributed by atoms with Gasteiger partial charge in [-0.1, -0.05) is 122 Å². The molecule has 2 heteroatoms. The van der Waals surface area contributed by atoms with Gasteiger partial charge in [-0.15, -0.1) is 0 Å². The lowest BCUT2D eigenvalue weighted by Crippen LogP contribution is -2.02. The largest absolute Gasteiger partial charge is 0.323 e. The van der Waals surface area contributed by atoms with E-state index in [1.54, 1.807) is 0 Å². The van der Waals surface area contributed by atoms with Gasteiger partial charge in [-0.3, -0.25) is 0 Å². The van der Waals surface area contributed by atoms with Crippen molar-refractivity contribution >= 4 is 11.8 Å². The molecule has 0 unspecified atom stereocenters. The molecule has 0 bridgehead atoms. The lowest BCUT2D eigenvalue weighted by molar-refractivity contribution is 1.23. The van der Waals surface area contributed by atoms with Crippen LogP contribution < -0.4 is 5.84 Å². The molecule has 0 spiro atoms. The molecule has 0 amide bonds. The summed E-state index contributed by atoms with van der Waals surface area (Å²) < 4.78 is 0. The van der Waals surface area contributed by atoms with Crippen molar-refractivity contribution in [3.8, 4) is 44.5 Å². The molecule has 37 heavy (non-hydrogen) atoms. The van der Waals surface area contributed by atoms with E-state index >= 15 is 0 Å². The maximum atomic E-state index is 5.55. The van der Waals surface area contributed by atoms with Crippen LogP contribution in [-0.2, 0) is 0 Å². The Hall–Kier alpha value is -4.69. The fourth-order valence-corrected chi connectivity index (χ4v) is 4.89. The maximum absolute atomic E-state index is 5.55. The van der Waals surface area contributed by atoms with Crippen molar-refractivity contribution in [2.24, 2.45) is 10.9 Å². The fraction of sp³-hybridized carbons (Fsp3) is 0.0571. The van der Waals surface area contributed by atoms with Crippen molar-refractivity contribution < 1.29 is 0 Å². The van der Waals surface area contributed by atoms with Gasteiger partial charge in [-0.05, 0) is 75.5 Å². The molecule has 0 fully saturated rings.